The number of methoxy groups -OCH3 is 2. The first-order valence-corrected chi connectivity index (χ1v) is 14.6. The van der Waals surface area contributed by atoms with Gasteiger partial charge in [0.25, 0.3) is 5.91 Å². The van der Waals surface area contributed by atoms with E-state index < -0.39 is 5.54 Å². The third-order valence-electron chi connectivity index (χ3n) is 8.53. The molecule has 1 atom stereocenters. The molecule has 6 rings (SSSR count). The lowest BCUT2D eigenvalue weighted by molar-refractivity contribution is 0.0571. The molecule has 1 aromatic heterocycles. The number of allylic oxidation sites excluding steroid dienone is 1. The summed E-state index contributed by atoms with van der Waals surface area (Å²) >= 11 is 1.49. The minimum Gasteiger partial charge on any atom is -0.497 e. The Morgan fingerprint density at radius 2 is 1.88 bits per heavy atom. The topological polar surface area (TPSA) is 75.2 Å². The molecule has 40 heavy (non-hydrogen) atoms. The number of carbonyl (C=O) groups excluding carboxylic acids is 2. The molecule has 0 aliphatic carbocycles. The number of piperidine rings is 1. The van der Waals surface area contributed by atoms with Crippen molar-refractivity contribution in [3.05, 3.63) is 76.4 Å². The molecule has 3 aliphatic heterocycles. The van der Waals surface area contributed by atoms with Crippen molar-refractivity contribution in [1.82, 2.24) is 19.7 Å². The van der Waals surface area contributed by atoms with Crippen LogP contribution in [0.5, 0.6) is 11.5 Å². The van der Waals surface area contributed by atoms with E-state index in [1.54, 1.807) is 14.2 Å². The van der Waals surface area contributed by atoms with Gasteiger partial charge in [-0.25, -0.2) is 9.78 Å². The predicted molar refractivity (Wildman–Crippen MR) is 155 cm³/mol. The van der Waals surface area contributed by atoms with Crippen molar-refractivity contribution in [3.8, 4) is 22.1 Å². The lowest BCUT2D eigenvalue weighted by Gasteiger charge is -2.44. The third-order valence-corrected chi connectivity index (χ3v) is 9.42. The maximum Gasteiger partial charge on any atom is 0.325 e. The molecule has 0 saturated carbocycles. The first-order chi connectivity index (χ1) is 19.4. The van der Waals surface area contributed by atoms with Crippen LogP contribution in [0.4, 0.5) is 4.79 Å². The summed E-state index contributed by atoms with van der Waals surface area (Å²) in [6.45, 7) is 6.38. The van der Waals surface area contributed by atoms with E-state index >= 15 is 0 Å². The lowest BCUT2D eigenvalue weighted by Crippen LogP contribution is -2.54. The number of carbonyl (C=O) groups is 2. The second kappa shape index (κ2) is 10.3. The van der Waals surface area contributed by atoms with Gasteiger partial charge in [0.2, 0.25) is 0 Å². The minimum atomic E-state index is -0.451. The third kappa shape index (κ3) is 4.15. The summed E-state index contributed by atoms with van der Waals surface area (Å²) in [4.78, 5) is 37.8. The van der Waals surface area contributed by atoms with Crippen LogP contribution >= 0.6 is 11.3 Å². The maximum absolute atomic E-state index is 13.9. The highest BCUT2D eigenvalue weighted by atomic mass is 32.1. The van der Waals surface area contributed by atoms with Crippen LogP contribution in [0, 0.1) is 0 Å². The maximum atomic E-state index is 13.9. The Hall–Kier alpha value is -3.85. The zero-order chi connectivity index (χ0) is 28.0. The smallest absolute Gasteiger partial charge is 0.325 e. The van der Waals surface area contributed by atoms with E-state index in [0.717, 1.165) is 33.1 Å². The number of amides is 3. The summed E-state index contributed by atoms with van der Waals surface area (Å²) in [6.07, 6.45) is 3.60. The van der Waals surface area contributed by atoms with Crippen molar-refractivity contribution in [1.29, 1.82) is 0 Å². The van der Waals surface area contributed by atoms with Crippen molar-refractivity contribution < 1.29 is 19.1 Å². The van der Waals surface area contributed by atoms with Crippen LogP contribution in [-0.2, 0) is 6.54 Å². The normalized spacial score (nSPS) is 19.7. The van der Waals surface area contributed by atoms with Gasteiger partial charge in [0.15, 0.2) is 0 Å². The van der Waals surface area contributed by atoms with E-state index in [2.05, 4.69) is 18.0 Å². The van der Waals surface area contributed by atoms with E-state index in [4.69, 9.17) is 9.47 Å². The largest absolute Gasteiger partial charge is 0.497 e. The second-order valence-corrected chi connectivity index (χ2v) is 11.4. The molecule has 1 spiro atoms. The van der Waals surface area contributed by atoms with Gasteiger partial charge < -0.3 is 19.3 Å². The average Bonchev–Trinajstić information content (AvgIpc) is 3.51. The van der Waals surface area contributed by atoms with Gasteiger partial charge in [0.1, 0.15) is 22.2 Å². The number of rotatable bonds is 5. The van der Waals surface area contributed by atoms with Gasteiger partial charge in [-0.3, -0.25) is 9.69 Å². The predicted octanol–water partition coefficient (Wildman–Crippen LogP) is 5.76. The monoisotopic (exact) mass is 558 g/mol. The molecule has 2 fully saturated rings. The van der Waals surface area contributed by atoms with E-state index in [9.17, 15) is 9.59 Å². The van der Waals surface area contributed by atoms with Gasteiger partial charge in [0, 0.05) is 53.8 Å². The number of likely N-dealkylation sites (tertiary alicyclic amines) is 1. The van der Waals surface area contributed by atoms with Crippen molar-refractivity contribution in [2.45, 2.75) is 44.7 Å². The van der Waals surface area contributed by atoms with Gasteiger partial charge in [0.05, 0.1) is 26.3 Å². The highest BCUT2D eigenvalue weighted by molar-refractivity contribution is 7.13. The molecule has 3 amide bonds. The molecule has 2 saturated heterocycles. The van der Waals surface area contributed by atoms with Crippen molar-refractivity contribution >= 4 is 23.3 Å². The van der Waals surface area contributed by atoms with Gasteiger partial charge in [-0.1, -0.05) is 43.3 Å². The van der Waals surface area contributed by atoms with Crippen LogP contribution < -0.4 is 9.47 Å². The molecular formula is C31H34N4O4S. The van der Waals surface area contributed by atoms with Gasteiger partial charge in [-0.15, -0.1) is 11.3 Å². The van der Waals surface area contributed by atoms with Crippen molar-refractivity contribution in [2.75, 3.05) is 33.9 Å². The van der Waals surface area contributed by atoms with Gasteiger partial charge >= 0.3 is 6.03 Å². The number of fused-ring (bicyclic) bond motifs is 3. The molecule has 4 heterocycles. The summed E-state index contributed by atoms with van der Waals surface area (Å²) in [5, 5.41) is 2.69. The summed E-state index contributed by atoms with van der Waals surface area (Å²) in [7, 11) is 3.31. The summed E-state index contributed by atoms with van der Waals surface area (Å²) in [6, 6.07) is 13.9. The number of hydrogen-bond donors (Lipinski definition) is 0. The molecule has 9 heteroatoms. The number of likely N-dealkylation sites (N-methyl/N-ethyl adjacent to an activating group) is 1. The van der Waals surface area contributed by atoms with Crippen LogP contribution in [-0.4, -0.2) is 71.0 Å². The Labute approximate surface area is 238 Å². The summed E-state index contributed by atoms with van der Waals surface area (Å²) in [5.41, 5.74) is 4.19. The Balaban J connectivity index is 1.28. The van der Waals surface area contributed by atoms with Gasteiger partial charge in [-0.2, -0.15) is 0 Å². The number of aromatic nitrogens is 1. The van der Waals surface area contributed by atoms with Crippen LogP contribution in [0.25, 0.3) is 10.6 Å². The molecule has 0 radical (unpaired) electrons. The number of benzene rings is 2. The van der Waals surface area contributed by atoms with Crippen LogP contribution in [0.3, 0.4) is 0 Å². The van der Waals surface area contributed by atoms with Crippen molar-refractivity contribution in [3.63, 3.8) is 0 Å². The molecule has 3 aromatic rings. The van der Waals surface area contributed by atoms with Crippen LogP contribution in [0.15, 0.2) is 59.6 Å². The Bertz CT molecular complexity index is 1480. The number of hydrogen-bond acceptors (Lipinski definition) is 6. The first kappa shape index (κ1) is 26.4. The molecule has 208 valence electrons. The van der Waals surface area contributed by atoms with E-state index in [-0.39, 0.29) is 17.9 Å². The van der Waals surface area contributed by atoms with Crippen LogP contribution in [0.1, 0.15) is 54.2 Å². The fourth-order valence-electron chi connectivity index (χ4n) is 6.59. The SMILES string of the molecule is CCN1C(=O)N2Cc3cc(OC)cc(OC)c3C(C)C=C2C12CCN(C(=O)c1csc(-c3ccccc3)n1)CC2. The minimum absolute atomic E-state index is 0.0161. The molecular weight excluding hydrogens is 524 g/mol. The summed E-state index contributed by atoms with van der Waals surface area (Å²) in [5.74, 6) is 1.48. The molecule has 3 aliphatic rings. The van der Waals surface area contributed by atoms with E-state index in [1.165, 1.54) is 11.3 Å². The Morgan fingerprint density at radius 1 is 1.12 bits per heavy atom. The Morgan fingerprint density at radius 3 is 2.55 bits per heavy atom. The fraction of sp³-hybridized carbons (Fsp3) is 0.387. The number of nitrogens with zero attached hydrogens (tertiary/aromatic N) is 4. The molecule has 2 aromatic carbocycles. The number of ether oxygens (including phenoxy) is 2. The van der Waals surface area contributed by atoms with E-state index in [0.29, 0.717) is 50.5 Å². The molecule has 0 bridgehead atoms. The molecule has 1 unspecified atom stereocenters. The summed E-state index contributed by atoms with van der Waals surface area (Å²) < 4.78 is 11.3. The zero-order valence-electron chi connectivity index (χ0n) is 23.3. The lowest BCUT2D eigenvalue weighted by atomic mass is 9.82. The van der Waals surface area contributed by atoms with Gasteiger partial charge in [-0.05, 0) is 31.4 Å². The standard InChI is InChI=1S/C31H34N4O4S/c1-5-35-30(37)34-18-22-16-23(38-3)17-25(39-4)27(22)20(2)15-26(34)31(35)11-13-33(14-12-31)29(36)24-19-40-28(32-24)21-9-7-6-8-10-21/h6-10,15-17,19-20H,5,11-14,18H2,1-4H3. The van der Waals surface area contributed by atoms with E-state index in [1.807, 2.05) is 69.5 Å². The zero-order valence-corrected chi connectivity index (χ0v) is 24.2. The molecule has 0 N–H and O–H groups in total. The number of thiazole rings is 1. The van der Waals surface area contributed by atoms with Crippen molar-refractivity contribution in [2.24, 2.45) is 0 Å². The number of urea groups is 1. The highest BCUT2D eigenvalue weighted by Crippen LogP contribution is 2.49. The quantitative estimate of drug-likeness (QED) is 0.398. The molecule has 8 nitrogen and oxygen atoms in total. The average molecular weight is 559 g/mol. The highest BCUT2D eigenvalue weighted by Gasteiger charge is 2.55. The fourth-order valence-corrected chi connectivity index (χ4v) is 7.39. The second-order valence-electron chi connectivity index (χ2n) is 10.6. The Kier molecular flexibility index (Phi) is 6.78. The first-order valence-electron chi connectivity index (χ1n) is 13.8. The van der Waals surface area contributed by atoms with Crippen LogP contribution in [0.2, 0.25) is 0 Å².